The average molecular weight is 519 g/mol. The minimum absolute atomic E-state index is 0.313. The third-order valence-corrected chi connectivity index (χ3v) is 6.23. The van der Waals surface area contributed by atoms with Crippen LogP contribution in [0.15, 0.2) is 108 Å². The van der Waals surface area contributed by atoms with E-state index in [1.54, 1.807) is 44.4 Å². The van der Waals surface area contributed by atoms with Gasteiger partial charge in [-0.15, -0.1) is 0 Å². The third kappa shape index (κ3) is 5.88. The highest BCUT2D eigenvalue weighted by atomic mass is 16.5. The number of amides is 1. The Balaban J connectivity index is 1.32. The summed E-state index contributed by atoms with van der Waals surface area (Å²) in [6, 6.07) is 31.4. The zero-order valence-corrected chi connectivity index (χ0v) is 21.5. The van der Waals surface area contributed by atoms with Crippen LogP contribution in [0, 0.1) is 0 Å². The summed E-state index contributed by atoms with van der Waals surface area (Å²) in [4.78, 5) is 25.6. The van der Waals surface area contributed by atoms with Gasteiger partial charge in [-0.3, -0.25) is 4.79 Å². The van der Waals surface area contributed by atoms with E-state index in [2.05, 4.69) is 10.5 Å². The largest absolute Gasteiger partial charge is 0.497 e. The molecule has 1 N–H and O–H groups in total. The van der Waals surface area contributed by atoms with Crippen molar-refractivity contribution >= 4 is 39.6 Å². The van der Waals surface area contributed by atoms with Gasteiger partial charge in [0.15, 0.2) is 6.10 Å². The van der Waals surface area contributed by atoms with Crippen molar-refractivity contribution in [3.8, 4) is 17.2 Å². The molecule has 1 amide bonds. The van der Waals surface area contributed by atoms with Gasteiger partial charge in [0.05, 0.1) is 18.9 Å². The van der Waals surface area contributed by atoms with Crippen molar-refractivity contribution in [1.82, 2.24) is 5.43 Å². The molecule has 1 atom stereocenters. The van der Waals surface area contributed by atoms with Crippen molar-refractivity contribution in [3.05, 3.63) is 114 Å². The van der Waals surface area contributed by atoms with Crippen molar-refractivity contribution in [2.24, 2.45) is 5.10 Å². The van der Waals surface area contributed by atoms with Gasteiger partial charge in [-0.2, -0.15) is 5.10 Å². The predicted molar refractivity (Wildman–Crippen MR) is 152 cm³/mol. The molecule has 0 aliphatic rings. The average Bonchev–Trinajstić information content (AvgIpc) is 2.97. The second kappa shape index (κ2) is 11.5. The molecule has 0 bridgehead atoms. The molecule has 194 valence electrons. The topological polar surface area (TPSA) is 86.2 Å². The molecule has 0 saturated carbocycles. The molecule has 0 aromatic heterocycles. The van der Waals surface area contributed by atoms with Crippen LogP contribution in [0.1, 0.15) is 22.8 Å². The van der Waals surface area contributed by atoms with Gasteiger partial charge >= 0.3 is 5.97 Å². The number of hydrogen-bond donors (Lipinski definition) is 1. The summed E-state index contributed by atoms with van der Waals surface area (Å²) in [6.07, 6.45) is 0.683. The number of hydrogen-bond acceptors (Lipinski definition) is 6. The fraction of sp³-hybridized carbons (Fsp3) is 0.0938. The maximum atomic E-state index is 12.8. The van der Waals surface area contributed by atoms with E-state index in [0.717, 1.165) is 21.5 Å². The number of methoxy groups -OCH3 is 1. The summed E-state index contributed by atoms with van der Waals surface area (Å²) in [5.74, 6) is 0.593. The predicted octanol–water partition coefficient (Wildman–Crippen LogP) is 6.14. The van der Waals surface area contributed by atoms with Gasteiger partial charge in [-0.05, 0) is 70.9 Å². The van der Waals surface area contributed by atoms with Crippen LogP contribution in [-0.2, 0) is 4.79 Å². The Morgan fingerprint density at radius 1 is 0.795 bits per heavy atom. The number of nitrogens with one attached hydrogen (secondary N) is 1. The van der Waals surface area contributed by atoms with Gasteiger partial charge in [0.1, 0.15) is 17.2 Å². The molecule has 0 heterocycles. The van der Waals surface area contributed by atoms with Crippen LogP contribution < -0.4 is 19.6 Å². The molecular weight excluding hydrogens is 492 g/mol. The number of rotatable bonds is 8. The Hall–Kier alpha value is -5.17. The summed E-state index contributed by atoms with van der Waals surface area (Å²) in [5.41, 5.74) is 3.46. The SMILES string of the molecule is COc1ccc(C(=O)Oc2ccc3ccccc3c2/C=N/NC(=O)C(C)Oc2ccc3ccccc3c2)cc1. The van der Waals surface area contributed by atoms with E-state index >= 15 is 0 Å². The van der Waals surface area contributed by atoms with E-state index < -0.39 is 18.0 Å². The summed E-state index contributed by atoms with van der Waals surface area (Å²) < 4.78 is 16.7. The Kier molecular flexibility index (Phi) is 7.50. The molecule has 1 unspecified atom stereocenters. The summed E-state index contributed by atoms with van der Waals surface area (Å²) in [7, 11) is 1.56. The summed E-state index contributed by atoms with van der Waals surface area (Å²) >= 11 is 0. The van der Waals surface area contributed by atoms with Crippen molar-refractivity contribution in [2.75, 3.05) is 7.11 Å². The fourth-order valence-electron chi connectivity index (χ4n) is 4.13. The lowest BCUT2D eigenvalue weighted by Crippen LogP contribution is -2.33. The molecule has 0 aliphatic carbocycles. The normalized spacial score (nSPS) is 11.8. The zero-order chi connectivity index (χ0) is 27.2. The van der Waals surface area contributed by atoms with Crippen LogP contribution >= 0.6 is 0 Å². The van der Waals surface area contributed by atoms with Gasteiger partial charge < -0.3 is 14.2 Å². The zero-order valence-electron chi connectivity index (χ0n) is 21.5. The Morgan fingerprint density at radius 3 is 2.23 bits per heavy atom. The lowest BCUT2D eigenvalue weighted by atomic mass is 10.0. The molecule has 0 saturated heterocycles. The van der Waals surface area contributed by atoms with E-state index in [9.17, 15) is 9.59 Å². The number of fused-ring (bicyclic) bond motifs is 2. The molecule has 5 aromatic carbocycles. The monoisotopic (exact) mass is 518 g/mol. The van der Waals surface area contributed by atoms with Crippen molar-refractivity contribution in [3.63, 3.8) is 0 Å². The Labute approximate surface area is 225 Å². The van der Waals surface area contributed by atoms with E-state index in [-0.39, 0.29) is 0 Å². The van der Waals surface area contributed by atoms with Crippen LogP contribution in [0.3, 0.4) is 0 Å². The molecule has 5 aromatic rings. The van der Waals surface area contributed by atoms with Crippen LogP contribution in [-0.4, -0.2) is 31.3 Å². The van der Waals surface area contributed by atoms with Crippen LogP contribution in [0.2, 0.25) is 0 Å². The fourth-order valence-corrected chi connectivity index (χ4v) is 4.13. The number of nitrogens with zero attached hydrogens (tertiary/aromatic N) is 1. The molecular formula is C32H26N2O5. The summed E-state index contributed by atoms with van der Waals surface area (Å²) in [5, 5.41) is 8.01. The number of ether oxygens (including phenoxy) is 3. The van der Waals surface area contributed by atoms with Crippen LogP contribution in [0.4, 0.5) is 0 Å². The second-order valence-electron chi connectivity index (χ2n) is 8.82. The van der Waals surface area contributed by atoms with Gasteiger partial charge in [-0.25, -0.2) is 10.2 Å². The first kappa shape index (κ1) is 25.5. The minimum atomic E-state index is -0.789. The first-order chi connectivity index (χ1) is 19.0. The smallest absolute Gasteiger partial charge is 0.343 e. The van der Waals surface area contributed by atoms with Crippen molar-refractivity contribution in [2.45, 2.75) is 13.0 Å². The van der Waals surface area contributed by atoms with Crippen LogP contribution in [0.25, 0.3) is 21.5 Å². The third-order valence-electron chi connectivity index (χ3n) is 6.23. The van der Waals surface area contributed by atoms with Crippen molar-refractivity contribution < 1.29 is 23.8 Å². The number of benzene rings is 5. The first-order valence-electron chi connectivity index (χ1n) is 12.4. The van der Waals surface area contributed by atoms with Crippen LogP contribution in [0.5, 0.6) is 17.2 Å². The van der Waals surface area contributed by atoms with Gasteiger partial charge in [0, 0.05) is 5.56 Å². The maximum Gasteiger partial charge on any atom is 0.343 e. The molecule has 7 heteroatoms. The van der Waals surface area contributed by atoms with E-state index in [0.29, 0.717) is 28.4 Å². The van der Waals surface area contributed by atoms with E-state index in [1.165, 1.54) is 6.21 Å². The van der Waals surface area contributed by atoms with Gasteiger partial charge in [0.2, 0.25) is 0 Å². The maximum absolute atomic E-state index is 12.8. The van der Waals surface area contributed by atoms with E-state index in [1.807, 2.05) is 72.8 Å². The van der Waals surface area contributed by atoms with Crippen molar-refractivity contribution in [1.29, 1.82) is 0 Å². The molecule has 0 fully saturated rings. The Bertz CT molecular complexity index is 1680. The quantitative estimate of drug-likeness (QED) is 0.115. The first-order valence-corrected chi connectivity index (χ1v) is 12.4. The number of carbonyl (C=O) groups excluding carboxylic acids is 2. The lowest BCUT2D eigenvalue weighted by Gasteiger charge is -2.14. The standard InChI is InChI=1S/C32H26N2O5/c1-21(38-27-17-11-22-7-3-4-9-25(22)19-27)31(35)34-33-20-29-28-10-6-5-8-23(28)14-18-30(29)39-32(36)24-12-15-26(37-2)16-13-24/h3-21H,1-2H3,(H,34,35)/b33-20+. The van der Waals surface area contributed by atoms with E-state index in [4.69, 9.17) is 14.2 Å². The highest BCUT2D eigenvalue weighted by Gasteiger charge is 2.16. The molecule has 5 rings (SSSR count). The second-order valence-corrected chi connectivity index (χ2v) is 8.82. The molecule has 0 spiro atoms. The number of hydrazone groups is 1. The van der Waals surface area contributed by atoms with Gasteiger partial charge in [-0.1, -0.05) is 60.7 Å². The molecule has 0 radical (unpaired) electrons. The highest BCUT2D eigenvalue weighted by molar-refractivity contribution is 6.04. The Morgan fingerprint density at radius 2 is 1.46 bits per heavy atom. The summed E-state index contributed by atoms with van der Waals surface area (Å²) in [6.45, 7) is 1.65. The molecule has 0 aliphatic heterocycles. The molecule has 39 heavy (non-hydrogen) atoms. The van der Waals surface area contributed by atoms with Gasteiger partial charge in [0.25, 0.3) is 5.91 Å². The minimum Gasteiger partial charge on any atom is -0.497 e. The lowest BCUT2D eigenvalue weighted by molar-refractivity contribution is -0.127. The number of esters is 1. The molecule has 7 nitrogen and oxygen atoms in total. The number of carbonyl (C=O) groups is 2. The highest BCUT2D eigenvalue weighted by Crippen LogP contribution is 2.28.